The molecule has 0 atom stereocenters. The zero-order valence-corrected chi connectivity index (χ0v) is 12.1. The first-order valence-electron chi connectivity index (χ1n) is 5.65. The van der Waals surface area contributed by atoms with Gasteiger partial charge in [0.2, 0.25) is 5.16 Å². The fraction of sp³-hybridized carbons (Fsp3) is 0.0833. The van der Waals surface area contributed by atoms with Gasteiger partial charge in [0.1, 0.15) is 0 Å². The highest BCUT2D eigenvalue weighted by molar-refractivity contribution is 7.99. The molecule has 0 saturated heterocycles. The molecule has 0 amide bonds. The van der Waals surface area contributed by atoms with Crippen molar-refractivity contribution in [2.75, 3.05) is 5.75 Å². The maximum absolute atomic E-state index is 4.71. The topological polar surface area (TPSA) is 43.1 Å². The molecule has 3 aromatic rings. The highest BCUT2D eigenvalue weighted by Crippen LogP contribution is 2.30. The lowest BCUT2D eigenvalue weighted by Gasteiger charge is -2.11. The Bertz CT molecular complexity index is 725. The number of aromatic nitrogens is 3. The maximum atomic E-state index is 4.71. The van der Waals surface area contributed by atoms with Gasteiger partial charge in [-0.1, -0.05) is 23.9 Å². The first-order valence-corrected chi connectivity index (χ1v) is 8.40. The van der Waals surface area contributed by atoms with Gasteiger partial charge in [-0.3, -0.25) is 0 Å². The van der Waals surface area contributed by atoms with Gasteiger partial charge in [0, 0.05) is 5.75 Å². The first kappa shape index (κ1) is 11.4. The molecule has 3 aromatic heterocycles. The molecule has 0 unspecified atom stereocenters. The summed E-state index contributed by atoms with van der Waals surface area (Å²) in [6.45, 7) is 0. The van der Waals surface area contributed by atoms with Crippen molar-refractivity contribution in [2.24, 2.45) is 5.10 Å². The fourth-order valence-corrected chi connectivity index (χ4v) is 4.17. The molecule has 19 heavy (non-hydrogen) atoms. The summed E-state index contributed by atoms with van der Waals surface area (Å²) < 4.78 is 1.86. The van der Waals surface area contributed by atoms with Gasteiger partial charge < -0.3 is 0 Å². The number of hydrogen-bond donors (Lipinski definition) is 0. The zero-order valence-electron chi connectivity index (χ0n) is 9.68. The standard InChI is InChI=1S/C12H8N4S3/c1-3-9(17-5-1)8-7-19-12-14-13-11(16(12)15-8)10-4-2-6-18-10/h1-6H,7H2. The predicted octanol–water partition coefficient (Wildman–Crippen LogP) is 3.43. The molecule has 4 rings (SSSR count). The monoisotopic (exact) mass is 304 g/mol. The summed E-state index contributed by atoms with van der Waals surface area (Å²) in [5.41, 5.74) is 1.09. The highest BCUT2D eigenvalue weighted by atomic mass is 32.2. The van der Waals surface area contributed by atoms with Crippen molar-refractivity contribution in [2.45, 2.75) is 5.16 Å². The number of nitrogens with zero attached hydrogens (tertiary/aromatic N) is 4. The van der Waals surface area contributed by atoms with Crippen LogP contribution in [0.5, 0.6) is 0 Å². The minimum Gasteiger partial charge on any atom is -0.186 e. The average molecular weight is 304 g/mol. The summed E-state index contributed by atoms with van der Waals surface area (Å²) in [5.74, 6) is 1.68. The molecule has 0 aliphatic carbocycles. The van der Waals surface area contributed by atoms with Crippen molar-refractivity contribution in [3.63, 3.8) is 0 Å². The third-order valence-corrected chi connectivity index (χ3v) is 5.43. The van der Waals surface area contributed by atoms with Crippen molar-refractivity contribution in [3.8, 4) is 10.7 Å². The molecular weight excluding hydrogens is 296 g/mol. The molecule has 0 aromatic carbocycles. The zero-order chi connectivity index (χ0) is 12.7. The number of hydrogen-bond acceptors (Lipinski definition) is 6. The Morgan fingerprint density at radius 3 is 2.53 bits per heavy atom. The summed E-state index contributed by atoms with van der Waals surface area (Å²) in [6, 6.07) is 8.21. The van der Waals surface area contributed by atoms with Crippen molar-refractivity contribution in [1.82, 2.24) is 14.9 Å². The second kappa shape index (κ2) is 4.59. The van der Waals surface area contributed by atoms with Gasteiger partial charge in [0.05, 0.1) is 15.5 Å². The molecule has 1 aliphatic heterocycles. The van der Waals surface area contributed by atoms with Crippen LogP contribution in [0.4, 0.5) is 0 Å². The number of thioether (sulfide) groups is 1. The Kier molecular flexibility index (Phi) is 2.75. The van der Waals surface area contributed by atoms with Crippen LogP contribution in [0.15, 0.2) is 45.3 Å². The van der Waals surface area contributed by atoms with E-state index >= 15 is 0 Å². The van der Waals surface area contributed by atoms with E-state index in [0.717, 1.165) is 27.3 Å². The Labute approximate surface area is 121 Å². The van der Waals surface area contributed by atoms with Gasteiger partial charge >= 0.3 is 0 Å². The summed E-state index contributed by atoms with van der Waals surface area (Å²) >= 11 is 5.05. The van der Waals surface area contributed by atoms with E-state index in [-0.39, 0.29) is 0 Å². The first-order chi connectivity index (χ1) is 9.42. The van der Waals surface area contributed by atoms with Gasteiger partial charge in [-0.15, -0.1) is 32.9 Å². The molecule has 0 fully saturated rings. The third-order valence-electron chi connectivity index (χ3n) is 2.72. The van der Waals surface area contributed by atoms with Gasteiger partial charge in [-0.2, -0.15) is 9.78 Å². The van der Waals surface area contributed by atoms with E-state index in [9.17, 15) is 0 Å². The quantitative estimate of drug-likeness (QED) is 0.728. The van der Waals surface area contributed by atoms with Gasteiger partial charge in [0.15, 0.2) is 5.82 Å². The largest absolute Gasteiger partial charge is 0.212 e. The fourth-order valence-electron chi connectivity index (χ4n) is 1.85. The predicted molar refractivity (Wildman–Crippen MR) is 80.3 cm³/mol. The van der Waals surface area contributed by atoms with Crippen LogP contribution in [0.1, 0.15) is 4.88 Å². The van der Waals surface area contributed by atoms with Crippen LogP contribution in [0, 0.1) is 0 Å². The molecule has 4 heterocycles. The summed E-state index contributed by atoms with van der Waals surface area (Å²) in [7, 11) is 0. The van der Waals surface area contributed by atoms with E-state index in [4.69, 9.17) is 5.10 Å². The van der Waals surface area contributed by atoms with Gasteiger partial charge in [-0.05, 0) is 22.9 Å². The molecule has 0 saturated carbocycles. The second-order valence-corrected chi connectivity index (χ2v) is 6.75. The number of thiophene rings is 2. The summed E-state index contributed by atoms with van der Waals surface area (Å²) in [4.78, 5) is 2.31. The Balaban J connectivity index is 1.84. The van der Waals surface area contributed by atoms with Gasteiger partial charge in [0.25, 0.3) is 0 Å². The minimum absolute atomic E-state index is 0.825. The molecule has 94 valence electrons. The SMILES string of the molecule is c1csc(C2=Nn3c(nnc3-c3cccs3)SC2)c1. The van der Waals surface area contributed by atoms with E-state index in [0.29, 0.717) is 0 Å². The molecule has 1 aliphatic rings. The number of rotatable bonds is 2. The van der Waals surface area contributed by atoms with Crippen LogP contribution >= 0.6 is 34.4 Å². The lowest BCUT2D eigenvalue weighted by molar-refractivity contribution is 0.764. The highest BCUT2D eigenvalue weighted by Gasteiger charge is 2.21. The average Bonchev–Trinajstić information content (AvgIpc) is 3.18. The van der Waals surface area contributed by atoms with Crippen LogP contribution in [-0.2, 0) is 0 Å². The molecule has 0 N–H and O–H groups in total. The Morgan fingerprint density at radius 2 is 1.79 bits per heavy atom. The number of fused-ring (bicyclic) bond motifs is 1. The third kappa shape index (κ3) is 1.94. The van der Waals surface area contributed by atoms with E-state index in [1.165, 1.54) is 4.88 Å². The van der Waals surface area contributed by atoms with E-state index in [1.807, 2.05) is 22.2 Å². The van der Waals surface area contributed by atoms with E-state index in [1.54, 1.807) is 34.4 Å². The minimum atomic E-state index is 0.825. The molecular formula is C12H8N4S3. The van der Waals surface area contributed by atoms with E-state index in [2.05, 4.69) is 27.7 Å². The molecule has 4 nitrogen and oxygen atoms in total. The van der Waals surface area contributed by atoms with Crippen molar-refractivity contribution in [3.05, 3.63) is 39.9 Å². The molecule has 0 radical (unpaired) electrons. The van der Waals surface area contributed by atoms with E-state index < -0.39 is 0 Å². The Morgan fingerprint density at radius 1 is 1.00 bits per heavy atom. The molecule has 0 bridgehead atoms. The van der Waals surface area contributed by atoms with Crippen LogP contribution in [0.3, 0.4) is 0 Å². The molecule has 7 heteroatoms. The summed E-state index contributed by atoms with van der Waals surface area (Å²) in [5, 5.41) is 18.1. The summed E-state index contributed by atoms with van der Waals surface area (Å²) in [6.07, 6.45) is 0. The molecule has 0 spiro atoms. The van der Waals surface area contributed by atoms with Crippen LogP contribution in [0.2, 0.25) is 0 Å². The van der Waals surface area contributed by atoms with Crippen LogP contribution in [0.25, 0.3) is 10.7 Å². The Hall–Kier alpha value is -1.44. The lowest BCUT2D eigenvalue weighted by atomic mass is 10.3. The normalized spacial score (nSPS) is 14.2. The van der Waals surface area contributed by atoms with Crippen molar-refractivity contribution < 1.29 is 0 Å². The maximum Gasteiger partial charge on any atom is 0.212 e. The van der Waals surface area contributed by atoms with Crippen molar-refractivity contribution in [1.29, 1.82) is 0 Å². The lowest BCUT2D eigenvalue weighted by Crippen LogP contribution is -2.12. The van der Waals surface area contributed by atoms with Crippen LogP contribution in [-0.4, -0.2) is 26.3 Å². The van der Waals surface area contributed by atoms with Gasteiger partial charge in [-0.25, -0.2) is 0 Å². The van der Waals surface area contributed by atoms with Crippen LogP contribution < -0.4 is 0 Å². The second-order valence-electron chi connectivity index (χ2n) is 3.91. The van der Waals surface area contributed by atoms with Crippen molar-refractivity contribution >= 4 is 40.1 Å². The smallest absolute Gasteiger partial charge is 0.186 e.